The minimum atomic E-state index is -1.04. The summed E-state index contributed by atoms with van der Waals surface area (Å²) in [5.74, 6) is -3.09. The monoisotopic (exact) mass is 665 g/mol. The van der Waals surface area contributed by atoms with E-state index in [1.165, 1.54) is 12.2 Å². The lowest BCUT2D eigenvalue weighted by atomic mass is 10.0. The van der Waals surface area contributed by atoms with Gasteiger partial charge in [-0.05, 0) is 84.6 Å². The van der Waals surface area contributed by atoms with Gasteiger partial charge < -0.3 is 37.5 Å². The van der Waals surface area contributed by atoms with Gasteiger partial charge >= 0.3 is 12.0 Å². The molecule has 0 aliphatic carbocycles. The standard InChI is InChI=1S/C32H55N7O8/c1-21(2)27(38-24(40)15-7-6-12-20-39-25(41)16-17-26(39)42)29(44)36-22(13-9-11-19-35-31(34)46)28(43)37-23(14-8-10-18-33)30(45)47-32(3,4)5/h16-17,21-23,27H,6-15,18-20,33H2,1-5H3,(H,36,44)(H,37,43)(H,38,40)(H3,34,35,46)/t22-,23-,27-/m0/s1. The van der Waals surface area contributed by atoms with E-state index in [9.17, 15) is 33.6 Å². The van der Waals surface area contributed by atoms with E-state index in [1.54, 1.807) is 34.6 Å². The van der Waals surface area contributed by atoms with Gasteiger partial charge in [-0.15, -0.1) is 0 Å². The summed E-state index contributed by atoms with van der Waals surface area (Å²) in [7, 11) is 0. The number of carbonyl (C=O) groups excluding carboxylic acids is 7. The molecule has 266 valence electrons. The van der Waals surface area contributed by atoms with E-state index >= 15 is 0 Å². The van der Waals surface area contributed by atoms with Crippen LogP contribution < -0.4 is 32.7 Å². The van der Waals surface area contributed by atoms with Crippen molar-refractivity contribution in [3.05, 3.63) is 12.2 Å². The van der Waals surface area contributed by atoms with E-state index in [1.807, 2.05) is 0 Å². The first-order valence-electron chi connectivity index (χ1n) is 16.5. The van der Waals surface area contributed by atoms with Crippen molar-refractivity contribution in [2.75, 3.05) is 19.6 Å². The van der Waals surface area contributed by atoms with E-state index in [0.717, 1.165) is 4.90 Å². The Hall–Kier alpha value is -4.01. The average Bonchev–Trinajstić information content (AvgIpc) is 3.29. The predicted octanol–water partition coefficient (Wildman–Crippen LogP) is 0.892. The second-order valence-electron chi connectivity index (χ2n) is 13.0. The number of nitrogens with two attached hydrogens (primary N) is 2. The molecular formula is C32H55N7O8. The molecule has 0 radical (unpaired) electrons. The molecule has 1 aliphatic rings. The minimum Gasteiger partial charge on any atom is -0.458 e. The van der Waals surface area contributed by atoms with Crippen molar-refractivity contribution < 1.29 is 38.3 Å². The topological polar surface area (TPSA) is 232 Å². The zero-order valence-corrected chi connectivity index (χ0v) is 28.5. The molecule has 0 spiro atoms. The molecule has 1 rings (SSSR count). The first-order chi connectivity index (χ1) is 22.0. The van der Waals surface area contributed by atoms with E-state index in [2.05, 4.69) is 21.3 Å². The van der Waals surface area contributed by atoms with E-state index in [-0.39, 0.29) is 49.6 Å². The van der Waals surface area contributed by atoms with Crippen molar-refractivity contribution in [1.82, 2.24) is 26.2 Å². The number of nitrogens with zero attached hydrogens (tertiary/aromatic N) is 1. The third-order valence-corrected chi connectivity index (χ3v) is 7.26. The first-order valence-corrected chi connectivity index (χ1v) is 16.5. The zero-order valence-electron chi connectivity index (χ0n) is 28.5. The molecule has 15 nitrogen and oxygen atoms in total. The van der Waals surface area contributed by atoms with Gasteiger partial charge in [0.05, 0.1) is 0 Å². The lowest BCUT2D eigenvalue weighted by Gasteiger charge is -2.28. The van der Waals surface area contributed by atoms with Gasteiger partial charge in [0, 0.05) is 31.7 Å². The largest absolute Gasteiger partial charge is 0.458 e. The van der Waals surface area contributed by atoms with E-state index < -0.39 is 47.5 Å². The van der Waals surface area contributed by atoms with Gasteiger partial charge in [-0.3, -0.25) is 28.9 Å². The fourth-order valence-electron chi connectivity index (χ4n) is 4.77. The number of nitrogens with one attached hydrogen (secondary N) is 4. The maximum atomic E-state index is 13.5. The molecule has 0 fully saturated rings. The zero-order chi connectivity index (χ0) is 35.6. The Morgan fingerprint density at radius 1 is 0.809 bits per heavy atom. The van der Waals surface area contributed by atoms with Crippen molar-refractivity contribution >= 4 is 41.5 Å². The molecule has 3 atom stereocenters. The van der Waals surface area contributed by atoms with Gasteiger partial charge in [0.1, 0.15) is 23.7 Å². The number of hydrogen-bond acceptors (Lipinski definition) is 9. The van der Waals surface area contributed by atoms with E-state index in [4.69, 9.17) is 16.2 Å². The first kappa shape index (κ1) is 41.0. The van der Waals surface area contributed by atoms with Crippen LogP contribution in [0.25, 0.3) is 0 Å². The van der Waals surface area contributed by atoms with Crippen molar-refractivity contribution in [3.63, 3.8) is 0 Å². The molecule has 7 amide bonds. The van der Waals surface area contributed by atoms with Gasteiger partial charge in [0.25, 0.3) is 11.8 Å². The number of hydrogen-bond donors (Lipinski definition) is 6. The molecule has 0 saturated carbocycles. The fourth-order valence-corrected chi connectivity index (χ4v) is 4.77. The van der Waals surface area contributed by atoms with Gasteiger partial charge in [0.15, 0.2) is 0 Å². The lowest BCUT2D eigenvalue weighted by Crippen LogP contribution is -2.57. The molecule has 47 heavy (non-hydrogen) atoms. The number of ether oxygens (including phenoxy) is 1. The molecule has 0 aromatic heterocycles. The molecule has 1 aliphatic heterocycles. The highest BCUT2D eigenvalue weighted by molar-refractivity contribution is 6.12. The summed E-state index contributed by atoms with van der Waals surface area (Å²) in [4.78, 5) is 88.2. The average molecular weight is 666 g/mol. The smallest absolute Gasteiger partial charge is 0.329 e. The van der Waals surface area contributed by atoms with Crippen LogP contribution in [0.2, 0.25) is 0 Å². The Morgan fingerprint density at radius 2 is 1.40 bits per heavy atom. The third-order valence-electron chi connectivity index (χ3n) is 7.26. The number of primary amides is 1. The Balaban J connectivity index is 2.88. The Bertz CT molecular complexity index is 1100. The highest BCUT2D eigenvalue weighted by atomic mass is 16.6. The molecule has 1 heterocycles. The summed E-state index contributed by atoms with van der Waals surface area (Å²) >= 11 is 0. The summed E-state index contributed by atoms with van der Waals surface area (Å²) in [5.41, 5.74) is 9.96. The second-order valence-corrected chi connectivity index (χ2v) is 13.0. The highest BCUT2D eigenvalue weighted by Crippen LogP contribution is 2.13. The second kappa shape index (κ2) is 21.0. The van der Waals surface area contributed by atoms with Gasteiger partial charge in [-0.1, -0.05) is 20.3 Å². The van der Waals surface area contributed by atoms with Crippen molar-refractivity contribution in [3.8, 4) is 0 Å². The van der Waals surface area contributed by atoms with Crippen LogP contribution in [0, 0.1) is 5.92 Å². The van der Waals surface area contributed by atoms with Gasteiger partial charge in [-0.2, -0.15) is 0 Å². The van der Waals surface area contributed by atoms with Crippen LogP contribution in [-0.2, 0) is 33.5 Å². The maximum Gasteiger partial charge on any atom is 0.329 e. The molecule has 0 saturated heterocycles. The maximum absolute atomic E-state index is 13.5. The summed E-state index contributed by atoms with van der Waals surface area (Å²) in [6, 6.07) is -3.61. The lowest BCUT2D eigenvalue weighted by molar-refractivity contribution is -0.159. The van der Waals surface area contributed by atoms with Crippen LogP contribution in [0.5, 0.6) is 0 Å². The van der Waals surface area contributed by atoms with Crippen LogP contribution in [0.4, 0.5) is 4.79 Å². The summed E-state index contributed by atoms with van der Waals surface area (Å²) < 4.78 is 5.52. The quantitative estimate of drug-likeness (QED) is 0.0547. The van der Waals surface area contributed by atoms with E-state index in [0.29, 0.717) is 57.9 Å². The normalized spacial score (nSPS) is 14.8. The molecule has 8 N–H and O–H groups in total. The Morgan fingerprint density at radius 3 is 1.98 bits per heavy atom. The molecule has 0 aromatic carbocycles. The number of urea groups is 1. The molecule has 0 bridgehead atoms. The van der Waals surface area contributed by atoms with Gasteiger partial charge in [0.2, 0.25) is 17.7 Å². The number of rotatable bonds is 22. The number of unbranched alkanes of at least 4 members (excludes halogenated alkanes) is 4. The number of esters is 1. The predicted molar refractivity (Wildman–Crippen MR) is 175 cm³/mol. The number of amides is 7. The van der Waals surface area contributed by atoms with Crippen molar-refractivity contribution in [1.29, 1.82) is 0 Å². The minimum absolute atomic E-state index is 0.133. The summed E-state index contributed by atoms with van der Waals surface area (Å²) in [5, 5.41) is 10.7. The SMILES string of the molecule is CC(C)[C@H](NC(=O)CCCCCN1C(=O)C=CC1=O)C(=O)N[C@@H](CCCCNC(N)=O)C(=O)N[C@@H](CCCCN)C(=O)OC(C)(C)C. The molecule has 15 heteroatoms. The Kier molecular flexibility index (Phi) is 18.3. The summed E-state index contributed by atoms with van der Waals surface area (Å²) in [6.07, 6.45) is 6.85. The van der Waals surface area contributed by atoms with Crippen LogP contribution in [0.3, 0.4) is 0 Å². The van der Waals surface area contributed by atoms with Crippen LogP contribution >= 0.6 is 0 Å². The van der Waals surface area contributed by atoms with Crippen LogP contribution in [0.15, 0.2) is 12.2 Å². The van der Waals surface area contributed by atoms with Crippen molar-refractivity contribution in [2.45, 2.75) is 123 Å². The van der Waals surface area contributed by atoms with Crippen LogP contribution in [0.1, 0.15) is 98.8 Å². The molecular weight excluding hydrogens is 610 g/mol. The third kappa shape index (κ3) is 16.9. The number of imide groups is 1. The van der Waals surface area contributed by atoms with Crippen LogP contribution in [-0.4, -0.2) is 89.8 Å². The van der Waals surface area contributed by atoms with Crippen molar-refractivity contribution in [2.24, 2.45) is 17.4 Å². The fraction of sp³-hybridized carbons (Fsp3) is 0.719. The summed E-state index contributed by atoms with van der Waals surface area (Å²) in [6.45, 7) is 9.69. The van der Waals surface area contributed by atoms with Gasteiger partial charge in [-0.25, -0.2) is 9.59 Å². The number of carbonyl (C=O) groups is 7. The Labute approximate surface area is 277 Å². The highest BCUT2D eigenvalue weighted by Gasteiger charge is 2.32. The molecule has 0 unspecified atom stereocenters. The molecule has 0 aromatic rings.